The lowest BCUT2D eigenvalue weighted by atomic mass is 9.76. The predicted molar refractivity (Wildman–Crippen MR) is 110 cm³/mol. The SMILES string of the molecule is Cc1cc(-c2c(C)ccc3c2Sc2ccccc2C3(C)C)[n+](C)cc1C. The summed E-state index contributed by atoms with van der Waals surface area (Å²) in [4.78, 5) is 2.79. The van der Waals surface area contributed by atoms with E-state index >= 15 is 0 Å². The maximum Gasteiger partial charge on any atom is 0.213 e. The molecule has 1 nitrogen and oxygen atoms in total. The van der Waals surface area contributed by atoms with Gasteiger partial charge in [0.1, 0.15) is 7.05 Å². The summed E-state index contributed by atoms with van der Waals surface area (Å²) >= 11 is 1.93. The predicted octanol–water partition coefficient (Wildman–Crippen LogP) is 5.89. The topological polar surface area (TPSA) is 3.88 Å². The van der Waals surface area contributed by atoms with Gasteiger partial charge < -0.3 is 0 Å². The lowest BCUT2D eigenvalue weighted by Gasteiger charge is -2.35. The molecule has 4 rings (SSSR count). The molecule has 0 bridgehead atoms. The van der Waals surface area contributed by atoms with Gasteiger partial charge in [-0.25, -0.2) is 4.57 Å². The highest BCUT2D eigenvalue weighted by molar-refractivity contribution is 7.99. The molecule has 0 spiro atoms. The van der Waals surface area contributed by atoms with Crippen LogP contribution in [0.25, 0.3) is 11.3 Å². The van der Waals surface area contributed by atoms with Gasteiger partial charge in [-0.15, -0.1) is 0 Å². The molecule has 0 saturated carbocycles. The first kappa shape index (κ1) is 17.4. The van der Waals surface area contributed by atoms with Crippen molar-refractivity contribution < 1.29 is 4.57 Å². The molecule has 2 aromatic carbocycles. The first-order chi connectivity index (χ1) is 12.3. The van der Waals surface area contributed by atoms with Gasteiger partial charge >= 0.3 is 0 Å². The molecule has 0 atom stereocenters. The summed E-state index contributed by atoms with van der Waals surface area (Å²) in [6.45, 7) is 11.3. The molecule has 0 radical (unpaired) electrons. The fraction of sp³-hybridized carbons (Fsp3) is 0.292. The van der Waals surface area contributed by atoms with Crippen LogP contribution in [0.2, 0.25) is 0 Å². The zero-order valence-electron chi connectivity index (χ0n) is 16.5. The monoisotopic (exact) mass is 360 g/mol. The molecule has 3 aromatic rings. The third-order valence-corrected chi connectivity index (χ3v) is 7.01. The third-order valence-electron chi connectivity index (χ3n) is 5.81. The van der Waals surface area contributed by atoms with Gasteiger partial charge in [0.2, 0.25) is 5.69 Å². The number of nitrogens with zero attached hydrogens (tertiary/aromatic N) is 1. The molecule has 0 amide bonds. The highest BCUT2D eigenvalue weighted by Crippen LogP contribution is 2.52. The minimum absolute atomic E-state index is 0.0118. The molecule has 0 saturated heterocycles. The summed E-state index contributed by atoms with van der Waals surface area (Å²) in [5.74, 6) is 0. The zero-order valence-corrected chi connectivity index (χ0v) is 17.3. The fourth-order valence-electron chi connectivity index (χ4n) is 4.06. The van der Waals surface area contributed by atoms with Crippen LogP contribution in [0.3, 0.4) is 0 Å². The van der Waals surface area contributed by atoms with Crippen molar-refractivity contribution in [2.45, 2.75) is 49.8 Å². The fourth-order valence-corrected chi connectivity index (χ4v) is 5.66. The Balaban J connectivity index is 2.03. The van der Waals surface area contributed by atoms with Crippen molar-refractivity contribution in [3.8, 4) is 11.3 Å². The van der Waals surface area contributed by atoms with Crippen LogP contribution in [0.15, 0.2) is 58.5 Å². The Morgan fingerprint density at radius 2 is 1.58 bits per heavy atom. The summed E-state index contributed by atoms with van der Waals surface area (Å²) in [5, 5.41) is 0. The second-order valence-electron chi connectivity index (χ2n) is 7.99. The molecule has 2 heteroatoms. The minimum Gasteiger partial charge on any atom is -0.201 e. The maximum absolute atomic E-state index is 2.35. The van der Waals surface area contributed by atoms with Crippen LogP contribution >= 0.6 is 11.8 Å². The van der Waals surface area contributed by atoms with E-state index in [0.717, 1.165) is 0 Å². The van der Waals surface area contributed by atoms with Crippen LogP contribution in [0.5, 0.6) is 0 Å². The first-order valence-corrected chi connectivity index (χ1v) is 10.0. The van der Waals surface area contributed by atoms with Crippen LogP contribution in [0.4, 0.5) is 0 Å². The van der Waals surface area contributed by atoms with Crippen LogP contribution in [0, 0.1) is 20.8 Å². The van der Waals surface area contributed by atoms with Gasteiger partial charge in [0, 0.05) is 26.8 Å². The molecule has 1 aliphatic heterocycles. The van der Waals surface area contributed by atoms with Gasteiger partial charge in [0.05, 0.1) is 5.56 Å². The Bertz CT molecular complexity index is 1030. The molecule has 2 heterocycles. The van der Waals surface area contributed by atoms with Crippen LogP contribution in [0.1, 0.15) is 41.7 Å². The van der Waals surface area contributed by atoms with E-state index in [4.69, 9.17) is 0 Å². The van der Waals surface area contributed by atoms with Crippen molar-refractivity contribution in [1.82, 2.24) is 0 Å². The standard InChI is InChI=1S/C24H26NS/c1-15-11-12-19-23(22(15)20-13-16(2)17(3)14-25(20)6)26-21-10-8-7-9-18(21)24(19,4)5/h7-14H,1-6H3/q+1. The van der Waals surface area contributed by atoms with E-state index in [1.165, 1.54) is 48.9 Å². The second kappa shape index (κ2) is 5.99. The first-order valence-electron chi connectivity index (χ1n) is 9.19. The highest BCUT2D eigenvalue weighted by atomic mass is 32.2. The summed E-state index contributed by atoms with van der Waals surface area (Å²) in [7, 11) is 2.16. The second-order valence-corrected chi connectivity index (χ2v) is 9.05. The molecule has 0 fully saturated rings. The van der Waals surface area contributed by atoms with E-state index in [9.17, 15) is 0 Å². The number of aryl methyl sites for hydroxylation is 4. The van der Waals surface area contributed by atoms with Gasteiger partial charge in [-0.05, 0) is 49.1 Å². The van der Waals surface area contributed by atoms with Gasteiger partial charge in [-0.3, -0.25) is 0 Å². The molecule has 1 aliphatic rings. The molecule has 0 unspecified atom stereocenters. The van der Waals surface area contributed by atoms with E-state index in [1.807, 2.05) is 11.8 Å². The van der Waals surface area contributed by atoms with Crippen molar-refractivity contribution in [3.05, 3.63) is 76.5 Å². The normalized spacial score (nSPS) is 14.7. The van der Waals surface area contributed by atoms with E-state index in [1.54, 1.807) is 0 Å². The third kappa shape index (κ3) is 2.51. The highest BCUT2D eigenvalue weighted by Gasteiger charge is 2.35. The molecule has 132 valence electrons. The number of aromatic nitrogens is 1. The summed E-state index contributed by atoms with van der Waals surface area (Å²) in [6, 6.07) is 15.8. The molecule has 0 aliphatic carbocycles. The Kier molecular flexibility index (Phi) is 4.00. The van der Waals surface area contributed by atoms with Gasteiger partial charge in [-0.1, -0.05) is 55.9 Å². The Labute approximate surface area is 161 Å². The molecular weight excluding hydrogens is 334 g/mol. The van der Waals surface area contributed by atoms with Crippen molar-refractivity contribution in [2.24, 2.45) is 7.05 Å². The molecular formula is C24H26NS+. The largest absolute Gasteiger partial charge is 0.213 e. The summed E-state index contributed by atoms with van der Waals surface area (Å²) in [5.41, 5.74) is 9.55. The van der Waals surface area contributed by atoms with Gasteiger partial charge in [0.15, 0.2) is 6.20 Å². The average Bonchev–Trinajstić information content (AvgIpc) is 2.59. The van der Waals surface area contributed by atoms with Crippen molar-refractivity contribution in [3.63, 3.8) is 0 Å². The zero-order chi connectivity index (χ0) is 18.6. The summed E-state index contributed by atoms with van der Waals surface area (Å²) in [6.07, 6.45) is 2.25. The lowest BCUT2D eigenvalue weighted by molar-refractivity contribution is -0.660. The minimum atomic E-state index is 0.0118. The van der Waals surface area contributed by atoms with Crippen LogP contribution in [-0.2, 0) is 12.5 Å². The van der Waals surface area contributed by atoms with Crippen molar-refractivity contribution in [1.29, 1.82) is 0 Å². The average molecular weight is 361 g/mol. The number of hydrogen-bond donors (Lipinski definition) is 0. The lowest BCUT2D eigenvalue weighted by Crippen LogP contribution is -2.32. The van der Waals surface area contributed by atoms with Crippen molar-refractivity contribution >= 4 is 11.8 Å². The van der Waals surface area contributed by atoms with E-state index in [0.29, 0.717) is 0 Å². The van der Waals surface area contributed by atoms with E-state index < -0.39 is 0 Å². The maximum atomic E-state index is 2.35. The Morgan fingerprint density at radius 3 is 2.35 bits per heavy atom. The quantitative estimate of drug-likeness (QED) is 0.489. The number of benzene rings is 2. The number of pyridine rings is 1. The smallest absolute Gasteiger partial charge is 0.201 e. The van der Waals surface area contributed by atoms with E-state index in [-0.39, 0.29) is 5.41 Å². The Morgan fingerprint density at radius 1 is 0.846 bits per heavy atom. The molecule has 26 heavy (non-hydrogen) atoms. The molecule has 0 N–H and O–H groups in total. The van der Waals surface area contributed by atoms with Crippen molar-refractivity contribution in [2.75, 3.05) is 0 Å². The van der Waals surface area contributed by atoms with E-state index in [2.05, 4.69) is 94.9 Å². The number of hydrogen-bond acceptors (Lipinski definition) is 1. The molecule has 1 aromatic heterocycles. The number of fused-ring (bicyclic) bond motifs is 2. The Hall–Kier alpha value is -2.06. The van der Waals surface area contributed by atoms with Crippen LogP contribution < -0.4 is 4.57 Å². The van der Waals surface area contributed by atoms with Gasteiger partial charge in [0.25, 0.3) is 0 Å². The summed E-state index contributed by atoms with van der Waals surface area (Å²) < 4.78 is 2.28. The van der Waals surface area contributed by atoms with Crippen LogP contribution in [-0.4, -0.2) is 0 Å². The van der Waals surface area contributed by atoms with Gasteiger partial charge in [-0.2, -0.15) is 0 Å². The number of rotatable bonds is 1.